The second-order valence-corrected chi connectivity index (χ2v) is 13.9. The zero-order valence-corrected chi connectivity index (χ0v) is 28.6. The van der Waals surface area contributed by atoms with E-state index in [1.54, 1.807) is 50.2 Å². The molecule has 0 spiro atoms. The largest absolute Gasteiger partial charge is 0.417 e. The van der Waals surface area contributed by atoms with Crippen molar-refractivity contribution >= 4 is 39.1 Å². The Kier molecular flexibility index (Phi) is 12.1. The molecule has 0 saturated heterocycles. The van der Waals surface area contributed by atoms with Crippen LogP contribution in [0.4, 0.5) is 23.2 Å². The van der Waals surface area contributed by atoms with Crippen LogP contribution in [0.15, 0.2) is 102 Å². The molecular formula is C36H36ClF4N3O4S. The molecule has 4 aromatic carbocycles. The molecule has 260 valence electrons. The van der Waals surface area contributed by atoms with Crippen molar-refractivity contribution in [1.82, 2.24) is 10.2 Å². The van der Waals surface area contributed by atoms with Gasteiger partial charge in [0.05, 0.1) is 21.2 Å². The average molecular weight is 718 g/mol. The van der Waals surface area contributed by atoms with Crippen molar-refractivity contribution in [3.05, 3.63) is 130 Å². The first-order valence-corrected chi connectivity index (χ1v) is 17.3. The van der Waals surface area contributed by atoms with Gasteiger partial charge in [-0.2, -0.15) is 13.2 Å². The van der Waals surface area contributed by atoms with E-state index in [4.69, 9.17) is 11.6 Å². The average Bonchev–Trinajstić information content (AvgIpc) is 3.06. The van der Waals surface area contributed by atoms with Gasteiger partial charge >= 0.3 is 6.18 Å². The van der Waals surface area contributed by atoms with Crippen LogP contribution in [0, 0.1) is 12.7 Å². The molecule has 0 radical (unpaired) electrons. The summed E-state index contributed by atoms with van der Waals surface area (Å²) in [5, 5.41) is 2.20. The summed E-state index contributed by atoms with van der Waals surface area (Å²) in [7, 11) is -4.68. The van der Waals surface area contributed by atoms with Crippen molar-refractivity contribution in [1.29, 1.82) is 0 Å². The van der Waals surface area contributed by atoms with Gasteiger partial charge in [0, 0.05) is 24.6 Å². The summed E-state index contributed by atoms with van der Waals surface area (Å²) >= 11 is 5.86. The molecule has 0 aliphatic carbocycles. The third-order valence-electron chi connectivity index (χ3n) is 8.00. The number of benzene rings is 4. The molecule has 0 heterocycles. The number of carbonyl (C=O) groups is 2. The van der Waals surface area contributed by atoms with Gasteiger partial charge in [-0.3, -0.25) is 13.9 Å². The molecule has 7 nitrogen and oxygen atoms in total. The number of halogens is 5. The van der Waals surface area contributed by atoms with Crippen LogP contribution in [-0.4, -0.2) is 43.8 Å². The van der Waals surface area contributed by atoms with Crippen LogP contribution < -0.4 is 9.62 Å². The van der Waals surface area contributed by atoms with Crippen LogP contribution >= 0.6 is 11.6 Å². The summed E-state index contributed by atoms with van der Waals surface area (Å²) in [4.78, 5) is 29.1. The Morgan fingerprint density at radius 3 is 2.16 bits per heavy atom. The van der Waals surface area contributed by atoms with Gasteiger partial charge in [0.25, 0.3) is 10.0 Å². The fraction of sp³-hybridized carbons (Fsp3) is 0.278. The van der Waals surface area contributed by atoms with Gasteiger partial charge in [0.15, 0.2) is 0 Å². The van der Waals surface area contributed by atoms with Gasteiger partial charge in [-0.25, -0.2) is 12.8 Å². The number of sulfonamides is 1. The summed E-state index contributed by atoms with van der Waals surface area (Å²) in [5.74, 6) is -2.19. The van der Waals surface area contributed by atoms with Crippen LogP contribution in [0.25, 0.3) is 0 Å². The number of hydrogen-bond donors (Lipinski definition) is 1. The number of aryl methyl sites for hydroxylation is 1. The highest BCUT2D eigenvalue weighted by atomic mass is 35.5. The zero-order valence-electron chi connectivity index (χ0n) is 27.0. The first-order chi connectivity index (χ1) is 23.1. The molecule has 0 unspecified atom stereocenters. The molecule has 2 atom stereocenters. The number of nitrogens with zero attached hydrogens (tertiary/aromatic N) is 2. The van der Waals surface area contributed by atoms with Gasteiger partial charge in [-0.1, -0.05) is 84.8 Å². The molecule has 4 aromatic rings. The molecule has 4 rings (SSSR count). The standard InChI is InChI=1S/C36H36ClF4N3O4S/c1-4-25(3)42-35(46)33(20-26-10-6-5-7-11-26)43(22-27-12-8-9-13-32(27)38)34(45)23-44(49(47,48)29-17-14-24(2)15-18-29)28-16-19-31(37)30(21-28)36(39,40)41/h5-19,21,25,33H,4,20,22-23H2,1-3H3,(H,42,46)/t25-,33-/m0/s1. The third kappa shape index (κ3) is 9.39. The smallest absolute Gasteiger partial charge is 0.352 e. The van der Waals surface area contributed by atoms with E-state index in [2.05, 4.69) is 5.32 Å². The lowest BCUT2D eigenvalue weighted by Crippen LogP contribution is -2.54. The Hall–Kier alpha value is -4.42. The second-order valence-electron chi connectivity index (χ2n) is 11.6. The lowest BCUT2D eigenvalue weighted by Gasteiger charge is -2.34. The highest BCUT2D eigenvalue weighted by molar-refractivity contribution is 7.92. The van der Waals surface area contributed by atoms with Crippen LogP contribution in [-0.2, 0) is 38.8 Å². The van der Waals surface area contributed by atoms with Crippen LogP contribution in [0.5, 0.6) is 0 Å². The lowest BCUT2D eigenvalue weighted by atomic mass is 10.0. The molecular weight excluding hydrogens is 682 g/mol. The lowest BCUT2D eigenvalue weighted by molar-refractivity contribution is -0.140. The zero-order chi connectivity index (χ0) is 35.9. The van der Waals surface area contributed by atoms with Gasteiger partial charge in [0.2, 0.25) is 11.8 Å². The summed E-state index contributed by atoms with van der Waals surface area (Å²) in [5.41, 5.74) is -0.361. The monoisotopic (exact) mass is 717 g/mol. The maximum Gasteiger partial charge on any atom is 0.417 e. The predicted molar refractivity (Wildman–Crippen MR) is 181 cm³/mol. The van der Waals surface area contributed by atoms with E-state index in [1.165, 1.54) is 42.5 Å². The predicted octanol–water partition coefficient (Wildman–Crippen LogP) is 7.56. The molecule has 0 saturated carbocycles. The molecule has 0 aliphatic rings. The topological polar surface area (TPSA) is 86.8 Å². The Morgan fingerprint density at radius 2 is 1.55 bits per heavy atom. The molecule has 0 aromatic heterocycles. The van der Waals surface area contributed by atoms with E-state index in [0.29, 0.717) is 22.4 Å². The van der Waals surface area contributed by atoms with Crippen molar-refractivity contribution in [3.63, 3.8) is 0 Å². The quantitative estimate of drug-likeness (QED) is 0.145. The van der Waals surface area contributed by atoms with E-state index >= 15 is 4.39 Å². The summed E-state index contributed by atoms with van der Waals surface area (Å²) in [6.07, 6.45) is -4.40. The minimum Gasteiger partial charge on any atom is -0.352 e. The van der Waals surface area contributed by atoms with Crippen LogP contribution in [0.1, 0.15) is 42.5 Å². The van der Waals surface area contributed by atoms with E-state index in [9.17, 15) is 31.2 Å². The second kappa shape index (κ2) is 15.9. The molecule has 0 aliphatic heterocycles. The third-order valence-corrected chi connectivity index (χ3v) is 10.1. The Labute approximate surface area is 288 Å². The number of nitrogens with one attached hydrogen (secondary N) is 1. The van der Waals surface area contributed by atoms with Crippen LogP contribution in [0.2, 0.25) is 5.02 Å². The maximum atomic E-state index is 15.1. The van der Waals surface area contributed by atoms with E-state index in [-0.39, 0.29) is 22.9 Å². The fourth-order valence-electron chi connectivity index (χ4n) is 5.06. The van der Waals surface area contributed by atoms with Crippen molar-refractivity contribution < 1.29 is 35.6 Å². The summed E-state index contributed by atoms with van der Waals surface area (Å²) in [6, 6.07) is 20.9. The van der Waals surface area contributed by atoms with E-state index < -0.39 is 69.2 Å². The van der Waals surface area contributed by atoms with E-state index in [1.807, 2.05) is 6.92 Å². The van der Waals surface area contributed by atoms with Crippen molar-refractivity contribution in [2.24, 2.45) is 0 Å². The van der Waals surface area contributed by atoms with E-state index in [0.717, 1.165) is 22.6 Å². The highest BCUT2D eigenvalue weighted by Gasteiger charge is 2.38. The minimum atomic E-state index is -4.94. The molecule has 49 heavy (non-hydrogen) atoms. The SMILES string of the molecule is CC[C@H](C)NC(=O)[C@H](Cc1ccccc1)N(Cc1ccccc1F)C(=O)CN(c1ccc(Cl)c(C(F)(F)F)c1)S(=O)(=O)c1ccc(C)cc1. The number of rotatable bonds is 13. The normalized spacial score (nSPS) is 13.0. The summed E-state index contributed by atoms with van der Waals surface area (Å²) in [6.45, 7) is 3.89. The van der Waals surface area contributed by atoms with Gasteiger partial charge < -0.3 is 10.2 Å². The van der Waals surface area contributed by atoms with Crippen molar-refractivity contribution in [2.45, 2.75) is 63.3 Å². The maximum absolute atomic E-state index is 15.1. The first-order valence-electron chi connectivity index (χ1n) is 15.4. The summed E-state index contributed by atoms with van der Waals surface area (Å²) < 4.78 is 85.8. The number of carbonyl (C=O) groups excluding carboxylic acids is 2. The Bertz CT molecular complexity index is 1870. The molecule has 0 bridgehead atoms. The highest BCUT2D eigenvalue weighted by Crippen LogP contribution is 2.38. The van der Waals surface area contributed by atoms with Crippen molar-refractivity contribution in [2.75, 3.05) is 10.8 Å². The molecule has 2 amide bonds. The Morgan fingerprint density at radius 1 is 0.918 bits per heavy atom. The molecule has 1 N–H and O–H groups in total. The first kappa shape index (κ1) is 37.4. The fourth-order valence-corrected chi connectivity index (χ4v) is 6.69. The number of hydrogen-bond acceptors (Lipinski definition) is 4. The number of amides is 2. The van der Waals surface area contributed by atoms with Gasteiger partial charge in [0.1, 0.15) is 18.4 Å². The minimum absolute atomic E-state index is 0.0207. The van der Waals surface area contributed by atoms with Gasteiger partial charge in [-0.15, -0.1) is 0 Å². The van der Waals surface area contributed by atoms with Gasteiger partial charge in [-0.05, 0) is 62.2 Å². The Balaban J connectivity index is 1.88. The molecule has 13 heteroatoms. The number of anilines is 1. The number of alkyl halides is 3. The molecule has 0 fully saturated rings. The van der Waals surface area contributed by atoms with Crippen LogP contribution in [0.3, 0.4) is 0 Å². The van der Waals surface area contributed by atoms with Crippen molar-refractivity contribution in [3.8, 4) is 0 Å².